The van der Waals surface area contributed by atoms with E-state index in [4.69, 9.17) is 0 Å². The highest BCUT2D eigenvalue weighted by atomic mass is 15.2. The van der Waals surface area contributed by atoms with Gasteiger partial charge in [-0.1, -0.05) is 30.3 Å². The Kier molecular flexibility index (Phi) is 3.74. The zero-order chi connectivity index (χ0) is 14.7. The second-order valence-corrected chi connectivity index (χ2v) is 5.38. The van der Waals surface area contributed by atoms with E-state index in [0.29, 0.717) is 6.54 Å². The molecule has 1 unspecified atom stereocenters. The van der Waals surface area contributed by atoms with Gasteiger partial charge < -0.3 is 4.57 Å². The van der Waals surface area contributed by atoms with Gasteiger partial charge in [0, 0.05) is 32.0 Å². The van der Waals surface area contributed by atoms with Gasteiger partial charge in [-0.15, -0.1) is 0 Å². The first-order valence-electron chi connectivity index (χ1n) is 7.15. The normalized spacial score (nSPS) is 17.7. The Labute approximate surface area is 124 Å². The molecular weight excluding hydrogens is 262 g/mol. The molecule has 0 fully saturated rings. The Bertz CT molecular complexity index is 642. The van der Waals surface area contributed by atoms with Crippen molar-refractivity contribution in [2.45, 2.75) is 18.6 Å². The van der Waals surface area contributed by atoms with Crippen LogP contribution in [-0.2, 0) is 18.6 Å². The third-order valence-corrected chi connectivity index (χ3v) is 4.17. The summed E-state index contributed by atoms with van der Waals surface area (Å²) in [6, 6.07) is 12.4. The quantitative estimate of drug-likeness (QED) is 0.919. The van der Waals surface area contributed by atoms with Gasteiger partial charge in [0.2, 0.25) is 0 Å². The standard InChI is InChI=1S/C16H19N5/c1-18-16(12-17,14-5-3-2-4-6-14)13-20-9-10-21-8-7-19-15(21)11-20/h2-8,18H,9-11,13H2,1H3. The third kappa shape index (κ3) is 2.56. The summed E-state index contributed by atoms with van der Waals surface area (Å²) in [5.74, 6) is 1.07. The van der Waals surface area contributed by atoms with Crippen LogP contribution in [0.1, 0.15) is 11.4 Å². The lowest BCUT2D eigenvalue weighted by molar-refractivity contribution is 0.175. The molecule has 21 heavy (non-hydrogen) atoms. The molecule has 1 aromatic carbocycles. The average molecular weight is 281 g/mol. The molecular formula is C16H19N5. The number of fused-ring (bicyclic) bond motifs is 1. The monoisotopic (exact) mass is 281 g/mol. The number of hydrogen-bond acceptors (Lipinski definition) is 4. The molecule has 0 spiro atoms. The second kappa shape index (κ2) is 5.68. The highest BCUT2D eigenvalue weighted by Crippen LogP contribution is 2.23. The van der Waals surface area contributed by atoms with E-state index in [-0.39, 0.29) is 0 Å². The molecule has 1 N–H and O–H groups in total. The van der Waals surface area contributed by atoms with Crippen molar-refractivity contribution in [2.75, 3.05) is 20.1 Å². The Morgan fingerprint density at radius 1 is 1.33 bits per heavy atom. The Morgan fingerprint density at radius 2 is 2.14 bits per heavy atom. The van der Waals surface area contributed by atoms with Crippen molar-refractivity contribution in [3.63, 3.8) is 0 Å². The average Bonchev–Trinajstić information content (AvgIpc) is 3.01. The number of rotatable bonds is 4. The minimum absolute atomic E-state index is 0.650. The summed E-state index contributed by atoms with van der Waals surface area (Å²) in [5, 5.41) is 13.0. The van der Waals surface area contributed by atoms with Gasteiger partial charge in [0.1, 0.15) is 11.4 Å². The molecule has 1 aliphatic rings. The minimum Gasteiger partial charge on any atom is -0.333 e. The minimum atomic E-state index is -0.685. The summed E-state index contributed by atoms with van der Waals surface area (Å²) in [6.07, 6.45) is 3.85. The third-order valence-electron chi connectivity index (χ3n) is 4.17. The van der Waals surface area contributed by atoms with Crippen LogP contribution in [0.2, 0.25) is 0 Å². The number of nitrogens with zero attached hydrogens (tertiary/aromatic N) is 4. The molecule has 1 aliphatic heterocycles. The van der Waals surface area contributed by atoms with Gasteiger partial charge in [-0.2, -0.15) is 5.26 Å². The van der Waals surface area contributed by atoms with Crippen molar-refractivity contribution in [1.82, 2.24) is 19.8 Å². The molecule has 1 aromatic heterocycles. The first-order chi connectivity index (χ1) is 10.3. The molecule has 0 saturated carbocycles. The number of hydrogen-bond donors (Lipinski definition) is 1. The van der Waals surface area contributed by atoms with Gasteiger partial charge in [-0.3, -0.25) is 10.2 Å². The molecule has 0 amide bonds. The van der Waals surface area contributed by atoms with E-state index in [1.54, 1.807) is 0 Å². The van der Waals surface area contributed by atoms with Crippen molar-refractivity contribution in [3.8, 4) is 6.07 Å². The van der Waals surface area contributed by atoms with Gasteiger partial charge >= 0.3 is 0 Å². The first kappa shape index (κ1) is 13.8. The number of imidazole rings is 1. The van der Waals surface area contributed by atoms with Gasteiger partial charge in [-0.05, 0) is 12.6 Å². The second-order valence-electron chi connectivity index (χ2n) is 5.38. The van der Waals surface area contributed by atoms with Crippen LogP contribution >= 0.6 is 0 Å². The molecule has 5 nitrogen and oxygen atoms in total. The molecule has 3 rings (SSSR count). The molecule has 2 aromatic rings. The summed E-state index contributed by atoms with van der Waals surface area (Å²) in [5.41, 5.74) is 0.319. The van der Waals surface area contributed by atoms with Crippen LogP contribution < -0.4 is 5.32 Å². The van der Waals surface area contributed by atoms with Gasteiger partial charge in [0.05, 0.1) is 12.6 Å². The molecule has 2 heterocycles. The number of aromatic nitrogens is 2. The smallest absolute Gasteiger partial charge is 0.144 e. The number of likely N-dealkylation sites (N-methyl/N-ethyl adjacent to an activating group) is 1. The maximum atomic E-state index is 9.76. The van der Waals surface area contributed by atoms with Crippen molar-refractivity contribution < 1.29 is 0 Å². The van der Waals surface area contributed by atoms with Crippen molar-refractivity contribution >= 4 is 0 Å². The molecule has 0 aliphatic carbocycles. The van der Waals surface area contributed by atoms with E-state index in [2.05, 4.69) is 25.8 Å². The summed E-state index contributed by atoms with van der Waals surface area (Å²) in [6.45, 7) is 3.29. The molecule has 5 heteroatoms. The fourth-order valence-electron chi connectivity index (χ4n) is 2.89. The zero-order valence-electron chi connectivity index (χ0n) is 12.2. The van der Waals surface area contributed by atoms with E-state index in [9.17, 15) is 5.26 Å². The van der Waals surface area contributed by atoms with Crippen LogP contribution in [0, 0.1) is 11.3 Å². The van der Waals surface area contributed by atoms with Crippen molar-refractivity contribution in [3.05, 3.63) is 54.1 Å². The Hall–Kier alpha value is -2.16. The van der Waals surface area contributed by atoms with Gasteiger partial charge in [-0.25, -0.2) is 4.98 Å². The van der Waals surface area contributed by atoms with Crippen LogP contribution in [0.3, 0.4) is 0 Å². The Balaban J connectivity index is 1.83. The lowest BCUT2D eigenvalue weighted by Gasteiger charge is -2.35. The SMILES string of the molecule is CNC(C#N)(CN1CCn2ccnc2C1)c1ccccc1. The summed E-state index contributed by atoms with van der Waals surface area (Å²) in [4.78, 5) is 6.67. The van der Waals surface area contributed by atoms with Crippen LogP contribution in [0.25, 0.3) is 0 Å². The predicted octanol–water partition coefficient (Wildman–Crippen LogP) is 1.34. The lowest BCUT2D eigenvalue weighted by atomic mass is 9.90. The van der Waals surface area contributed by atoms with Crippen LogP contribution in [0.5, 0.6) is 0 Å². The van der Waals surface area contributed by atoms with E-state index in [1.165, 1.54) is 0 Å². The van der Waals surface area contributed by atoms with E-state index in [0.717, 1.165) is 31.0 Å². The number of nitriles is 1. The van der Waals surface area contributed by atoms with Crippen LogP contribution in [0.15, 0.2) is 42.7 Å². The summed E-state index contributed by atoms with van der Waals surface area (Å²) in [7, 11) is 1.85. The highest BCUT2D eigenvalue weighted by molar-refractivity contribution is 5.32. The molecule has 0 bridgehead atoms. The fraction of sp³-hybridized carbons (Fsp3) is 0.375. The van der Waals surface area contributed by atoms with E-state index in [1.807, 2.05) is 49.8 Å². The van der Waals surface area contributed by atoms with E-state index < -0.39 is 5.54 Å². The van der Waals surface area contributed by atoms with Crippen molar-refractivity contribution in [2.24, 2.45) is 0 Å². The largest absolute Gasteiger partial charge is 0.333 e. The molecule has 0 saturated heterocycles. The predicted molar refractivity (Wildman–Crippen MR) is 80.3 cm³/mol. The summed E-state index contributed by atoms with van der Waals surface area (Å²) < 4.78 is 2.17. The van der Waals surface area contributed by atoms with Gasteiger partial charge in [0.25, 0.3) is 0 Å². The first-order valence-corrected chi connectivity index (χ1v) is 7.15. The van der Waals surface area contributed by atoms with Gasteiger partial charge in [0.15, 0.2) is 0 Å². The van der Waals surface area contributed by atoms with E-state index >= 15 is 0 Å². The van der Waals surface area contributed by atoms with Crippen LogP contribution in [0.4, 0.5) is 0 Å². The highest BCUT2D eigenvalue weighted by Gasteiger charge is 2.34. The topological polar surface area (TPSA) is 56.9 Å². The lowest BCUT2D eigenvalue weighted by Crippen LogP contribution is -2.50. The Morgan fingerprint density at radius 3 is 2.86 bits per heavy atom. The zero-order valence-corrected chi connectivity index (χ0v) is 12.2. The molecule has 108 valence electrons. The fourth-order valence-corrected chi connectivity index (χ4v) is 2.89. The van der Waals surface area contributed by atoms with Crippen molar-refractivity contribution in [1.29, 1.82) is 5.26 Å². The summed E-state index contributed by atoms with van der Waals surface area (Å²) >= 11 is 0. The maximum Gasteiger partial charge on any atom is 0.144 e. The van der Waals surface area contributed by atoms with Crippen LogP contribution in [-0.4, -0.2) is 34.6 Å². The molecule has 1 atom stereocenters. The number of benzene rings is 1. The molecule has 0 radical (unpaired) electrons. The maximum absolute atomic E-state index is 9.76. The number of nitrogens with one attached hydrogen (secondary N) is 1.